The first-order chi connectivity index (χ1) is 10.9. The van der Waals surface area contributed by atoms with E-state index in [1.54, 1.807) is 0 Å². The quantitative estimate of drug-likeness (QED) is 0.675. The third kappa shape index (κ3) is 4.54. The van der Waals surface area contributed by atoms with Gasteiger partial charge in [0.25, 0.3) is 0 Å². The van der Waals surface area contributed by atoms with Crippen LogP contribution in [0.25, 0.3) is 0 Å². The van der Waals surface area contributed by atoms with Crippen molar-refractivity contribution in [1.29, 1.82) is 0 Å². The van der Waals surface area contributed by atoms with Crippen molar-refractivity contribution in [2.45, 2.75) is 20.3 Å². The number of hydrogen-bond donors (Lipinski definition) is 2. The highest BCUT2D eigenvalue weighted by atomic mass is 35.5. The minimum atomic E-state index is -0.212. The summed E-state index contributed by atoms with van der Waals surface area (Å²) in [5.41, 5.74) is 3.70. The van der Waals surface area contributed by atoms with Gasteiger partial charge < -0.3 is 10.6 Å². The summed E-state index contributed by atoms with van der Waals surface area (Å²) in [5, 5.41) is 6.94. The fraction of sp³-hybridized carbons (Fsp3) is 0.235. The molecule has 0 aliphatic heterocycles. The van der Waals surface area contributed by atoms with Crippen LogP contribution in [0.3, 0.4) is 0 Å². The number of benzene rings is 2. The zero-order chi connectivity index (χ0) is 17.0. The molecule has 0 aliphatic rings. The number of aryl methyl sites for hydroxylation is 2. The molecule has 2 N–H and O–H groups in total. The van der Waals surface area contributed by atoms with E-state index >= 15 is 0 Å². The van der Waals surface area contributed by atoms with Gasteiger partial charge >= 0.3 is 0 Å². The Hall–Kier alpha value is -1.42. The average Bonchev–Trinajstić information content (AvgIpc) is 2.51. The standard InChI is InChI=1S/C17H17Cl3N2O/c1-3-11-6-4-5-10(2)17(11)21-9-16(23)22-15-8-13(19)12(18)7-14(15)20/h4-8,21H,3,9H2,1-2H3,(H,22,23). The lowest BCUT2D eigenvalue weighted by atomic mass is 10.1. The van der Waals surface area contributed by atoms with E-state index in [1.165, 1.54) is 17.7 Å². The summed E-state index contributed by atoms with van der Waals surface area (Å²) in [6.45, 7) is 4.22. The van der Waals surface area contributed by atoms with Gasteiger partial charge in [-0.05, 0) is 36.6 Å². The first kappa shape index (κ1) is 17.9. The topological polar surface area (TPSA) is 41.1 Å². The second kappa shape index (κ2) is 7.91. The van der Waals surface area contributed by atoms with Gasteiger partial charge in [-0.15, -0.1) is 0 Å². The van der Waals surface area contributed by atoms with Gasteiger partial charge in [-0.2, -0.15) is 0 Å². The molecule has 2 aromatic rings. The Morgan fingerprint density at radius 2 is 1.78 bits per heavy atom. The summed E-state index contributed by atoms with van der Waals surface area (Å²) in [7, 11) is 0. The summed E-state index contributed by atoms with van der Waals surface area (Å²) >= 11 is 17.9. The van der Waals surface area contributed by atoms with Gasteiger partial charge in [-0.1, -0.05) is 59.9 Å². The number of carbonyl (C=O) groups is 1. The van der Waals surface area contributed by atoms with Crippen molar-refractivity contribution >= 4 is 52.1 Å². The smallest absolute Gasteiger partial charge is 0.243 e. The Balaban J connectivity index is 2.05. The maximum atomic E-state index is 12.1. The highest BCUT2D eigenvalue weighted by Gasteiger charge is 2.10. The summed E-state index contributed by atoms with van der Waals surface area (Å²) < 4.78 is 0. The van der Waals surface area contributed by atoms with Crippen LogP contribution in [-0.4, -0.2) is 12.5 Å². The van der Waals surface area contributed by atoms with E-state index in [0.717, 1.165) is 17.7 Å². The number of hydrogen-bond acceptors (Lipinski definition) is 2. The van der Waals surface area contributed by atoms with Crippen molar-refractivity contribution in [3.63, 3.8) is 0 Å². The van der Waals surface area contributed by atoms with Gasteiger partial charge in [0.15, 0.2) is 0 Å². The Labute approximate surface area is 150 Å². The molecular formula is C17H17Cl3N2O. The normalized spacial score (nSPS) is 10.5. The van der Waals surface area contributed by atoms with Crippen molar-refractivity contribution in [1.82, 2.24) is 0 Å². The van der Waals surface area contributed by atoms with Crippen molar-refractivity contribution in [3.8, 4) is 0 Å². The molecule has 0 heterocycles. The SMILES string of the molecule is CCc1cccc(C)c1NCC(=O)Nc1cc(Cl)c(Cl)cc1Cl. The van der Waals surface area contributed by atoms with E-state index in [2.05, 4.69) is 17.6 Å². The molecule has 0 aromatic heterocycles. The minimum absolute atomic E-state index is 0.133. The predicted octanol–water partition coefficient (Wildman–Crippen LogP) is 5.57. The molecule has 6 heteroatoms. The zero-order valence-electron chi connectivity index (χ0n) is 12.8. The fourth-order valence-corrected chi connectivity index (χ4v) is 2.85. The van der Waals surface area contributed by atoms with E-state index in [4.69, 9.17) is 34.8 Å². The molecule has 1 amide bonds. The number of nitrogens with one attached hydrogen (secondary N) is 2. The zero-order valence-corrected chi connectivity index (χ0v) is 15.1. The van der Waals surface area contributed by atoms with E-state index in [1.807, 2.05) is 25.1 Å². The van der Waals surface area contributed by atoms with Gasteiger partial charge in [-0.3, -0.25) is 4.79 Å². The molecule has 0 bridgehead atoms. The van der Waals surface area contributed by atoms with Crippen LogP contribution < -0.4 is 10.6 Å². The average molecular weight is 372 g/mol. The molecular weight excluding hydrogens is 355 g/mol. The summed E-state index contributed by atoms with van der Waals surface area (Å²) in [6, 6.07) is 9.10. The first-order valence-corrected chi connectivity index (χ1v) is 8.32. The van der Waals surface area contributed by atoms with Gasteiger partial charge in [0.05, 0.1) is 27.3 Å². The first-order valence-electron chi connectivity index (χ1n) is 7.19. The molecule has 0 fully saturated rings. The van der Waals surface area contributed by atoms with Gasteiger partial charge in [0.1, 0.15) is 0 Å². The molecule has 0 saturated carbocycles. The Morgan fingerprint density at radius 3 is 2.48 bits per heavy atom. The number of amides is 1. The molecule has 0 atom stereocenters. The number of halogens is 3. The summed E-state index contributed by atoms with van der Waals surface area (Å²) in [6.07, 6.45) is 0.893. The lowest BCUT2D eigenvalue weighted by Gasteiger charge is -2.14. The largest absolute Gasteiger partial charge is 0.376 e. The molecule has 2 aromatic carbocycles. The second-order valence-corrected chi connectivity index (χ2v) is 6.33. The lowest BCUT2D eigenvalue weighted by Crippen LogP contribution is -2.22. The van der Waals surface area contributed by atoms with Crippen LogP contribution in [0.15, 0.2) is 30.3 Å². The van der Waals surface area contributed by atoms with E-state index in [-0.39, 0.29) is 12.5 Å². The van der Waals surface area contributed by atoms with Gasteiger partial charge in [0, 0.05) is 5.69 Å². The van der Waals surface area contributed by atoms with Crippen molar-refractivity contribution < 1.29 is 4.79 Å². The number of rotatable bonds is 5. The van der Waals surface area contributed by atoms with Crippen LogP contribution in [0, 0.1) is 6.92 Å². The van der Waals surface area contributed by atoms with Crippen molar-refractivity contribution in [3.05, 3.63) is 56.5 Å². The van der Waals surface area contributed by atoms with Crippen LogP contribution >= 0.6 is 34.8 Å². The number of anilines is 2. The number of para-hydroxylation sites is 1. The Kier molecular flexibility index (Phi) is 6.17. The highest BCUT2D eigenvalue weighted by Crippen LogP contribution is 2.32. The van der Waals surface area contributed by atoms with Crippen LogP contribution in [0.4, 0.5) is 11.4 Å². The van der Waals surface area contributed by atoms with Crippen LogP contribution in [0.2, 0.25) is 15.1 Å². The van der Waals surface area contributed by atoms with Gasteiger partial charge in [-0.25, -0.2) is 0 Å². The molecule has 2 rings (SSSR count). The lowest BCUT2D eigenvalue weighted by molar-refractivity contribution is -0.114. The number of carbonyl (C=O) groups excluding carboxylic acids is 1. The molecule has 23 heavy (non-hydrogen) atoms. The summed E-state index contributed by atoms with van der Waals surface area (Å²) in [5.74, 6) is -0.212. The van der Waals surface area contributed by atoms with E-state index < -0.39 is 0 Å². The predicted molar refractivity (Wildman–Crippen MR) is 99.1 cm³/mol. The Bertz CT molecular complexity index is 732. The molecule has 122 valence electrons. The molecule has 0 aliphatic carbocycles. The fourth-order valence-electron chi connectivity index (χ4n) is 2.26. The van der Waals surface area contributed by atoms with Crippen LogP contribution in [-0.2, 0) is 11.2 Å². The van der Waals surface area contributed by atoms with Gasteiger partial charge in [0.2, 0.25) is 5.91 Å². The Morgan fingerprint density at radius 1 is 1.09 bits per heavy atom. The molecule has 0 radical (unpaired) electrons. The molecule has 0 unspecified atom stereocenters. The van der Waals surface area contributed by atoms with Crippen LogP contribution in [0.1, 0.15) is 18.1 Å². The molecule has 0 spiro atoms. The third-order valence-electron chi connectivity index (χ3n) is 3.45. The molecule has 3 nitrogen and oxygen atoms in total. The maximum absolute atomic E-state index is 12.1. The second-order valence-electron chi connectivity index (χ2n) is 5.11. The summed E-state index contributed by atoms with van der Waals surface area (Å²) in [4.78, 5) is 12.1. The minimum Gasteiger partial charge on any atom is -0.376 e. The van der Waals surface area contributed by atoms with E-state index in [0.29, 0.717) is 20.8 Å². The van der Waals surface area contributed by atoms with Crippen LogP contribution in [0.5, 0.6) is 0 Å². The van der Waals surface area contributed by atoms with Crippen molar-refractivity contribution in [2.24, 2.45) is 0 Å². The molecule has 0 saturated heterocycles. The van der Waals surface area contributed by atoms with E-state index in [9.17, 15) is 4.79 Å². The highest BCUT2D eigenvalue weighted by molar-refractivity contribution is 6.44. The maximum Gasteiger partial charge on any atom is 0.243 e. The van der Waals surface area contributed by atoms with Crippen molar-refractivity contribution in [2.75, 3.05) is 17.2 Å². The monoisotopic (exact) mass is 370 g/mol. The third-order valence-corrected chi connectivity index (χ3v) is 4.48.